The van der Waals surface area contributed by atoms with Crippen molar-refractivity contribution in [2.75, 3.05) is 18.4 Å². The summed E-state index contributed by atoms with van der Waals surface area (Å²) >= 11 is 0.990. The highest BCUT2D eigenvalue weighted by Gasteiger charge is 2.21. The van der Waals surface area contributed by atoms with Crippen LogP contribution >= 0.6 is 11.3 Å². The van der Waals surface area contributed by atoms with E-state index in [1.807, 2.05) is 0 Å². The van der Waals surface area contributed by atoms with Crippen molar-refractivity contribution in [2.24, 2.45) is 0 Å². The Morgan fingerprint density at radius 3 is 3.07 bits per heavy atom. The third-order valence-electron chi connectivity index (χ3n) is 4.12. The molecule has 0 radical (unpaired) electrons. The number of aromatic nitrogens is 3. The number of halogens is 1. The molecule has 0 aliphatic carbocycles. The maximum Gasteiger partial charge on any atom is 0.162 e. The number of thiazole rings is 1. The van der Waals surface area contributed by atoms with Gasteiger partial charge in [-0.1, -0.05) is 31.3 Å². The van der Waals surface area contributed by atoms with Crippen LogP contribution in [0.4, 0.5) is 10.2 Å². The molecule has 3 aromatic rings. The molecule has 1 aromatic carbocycles. The molecule has 3 heterocycles. The minimum Gasteiger partial charge on any atom is -0.365 e. The van der Waals surface area contributed by atoms with Gasteiger partial charge in [0.15, 0.2) is 7.23 Å². The Bertz CT molecular complexity index is 1420. The number of hydrogen-bond donors (Lipinski definition) is 1. The normalized spacial score (nSPS) is 26.2. The van der Waals surface area contributed by atoms with Gasteiger partial charge in [0.2, 0.25) is 0 Å². The standard InChI is InChI=1S/C21H23FN6S/c1-13(2)20-27-18-19(24-12-25-21(18)29-20)26-16-5-7-28(8-6-16)11-14-3-4-17(22)15(9-14)10-23/h3-4,9,12-13,16H,5-8,11H2,1-2H3,(H,24,25,26)/i5D2,6D2,11D,12D,13D,16D/hD. The van der Waals surface area contributed by atoms with Crippen molar-refractivity contribution in [3.63, 3.8) is 0 Å². The first-order valence-electron chi connectivity index (χ1n) is 13.3. The van der Waals surface area contributed by atoms with Gasteiger partial charge >= 0.3 is 0 Å². The van der Waals surface area contributed by atoms with E-state index in [-0.39, 0.29) is 31.8 Å². The summed E-state index contributed by atoms with van der Waals surface area (Å²) < 4.78 is 91.0. The molecule has 0 amide bonds. The minimum absolute atomic E-state index is 0.0503. The predicted octanol–water partition coefficient (Wildman–Crippen LogP) is 4.30. The lowest BCUT2D eigenvalue weighted by atomic mass is 10.0. The van der Waals surface area contributed by atoms with Crippen LogP contribution in [0, 0.1) is 17.1 Å². The number of anilines is 1. The van der Waals surface area contributed by atoms with Gasteiger partial charge in [-0.3, -0.25) is 4.90 Å². The molecule has 1 saturated heterocycles. The highest BCUT2D eigenvalue weighted by Crippen LogP contribution is 2.29. The van der Waals surface area contributed by atoms with Gasteiger partial charge in [-0.15, -0.1) is 0 Å². The Hall–Kier alpha value is -2.63. The first-order valence-corrected chi connectivity index (χ1v) is 9.55. The fraction of sp³-hybridized carbons (Fsp3) is 0.429. The highest BCUT2D eigenvalue weighted by atomic mass is 32.1. The summed E-state index contributed by atoms with van der Waals surface area (Å²) in [6.07, 6.45) is -6.09. The van der Waals surface area contributed by atoms with Crippen molar-refractivity contribution >= 4 is 27.5 Å². The zero-order valence-corrected chi connectivity index (χ0v) is 16.5. The molecule has 0 bridgehead atoms. The Balaban J connectivity index is 1.76. The largest absolute Gasteiger partial charge is 0.365 e. The molecule has 1 aliphatic heterocycles. The summed E-state index contributed by atoms with van der Waals surface area (Å²) in [6, 6.07) is 2.15. The van der Waals surface area contributed by atoms with Gasteiger partial charge in [0, 0.05) is 39.7 Å². The van der Waals surface area contributed by atoms with Crippen molar-refractivity contribution in [2.45, 2.75) is 45.0 Å². The molecule has 4 rings (SSSR count). The summed E-state index contributed by atoms with van der Waals surface area (Å²) in [5, 5.41) is 9.67. The molecule has 150 valence electrons. The van der Waals surface area contributed by atoms with E-state index in [1.54, 1.807) is 19.9 Å². The molecule has 29 heavy (non-hydrogen) atoms. The summed E-state index contributed by atoms with van der Waals surface area (Å²) in [5.41, 5.74) is -0.225. The fourth-order valence-corrected chi connectivity index (χ4v) is 3.51. The van der Waals surface area contributed by atoms with Crippen LogP contribution in [-0.4, -0.2) is 39.0 Å². The monoisotopic (exact) mass is 419 g/mol. The van der Waals surface area contributed by atoms with Crippen molar-refractivity contribution < 1.29 is 16.8 Å². The van der Waals surface area contributed by atoms with Crippen molar-refractivity contribution in [3.8, 4) is 6.07 Å². The molecule has 1 aliphatic rings. The molecule has 0 spiro atoms. The lowest BCUT2D eigenvalue weighted by molar-refractivity contribution is 0.211. The Morgan fingerprint density at radius 1 is 1.55 bits per heavy atom. The highest BCUT2D eigenvalue weighted by molar-refractivity contribution is 7.18. The number of fused-ring (bicyclic) bond motifs is 1. The Labute approximate surface area is 186 Å². The average molecular weight is 420 g/mol. The van der Waals surface area contributed by atoms with Crippen LogP contribution in [0.25, 0.3) is 10.3 Å². The number of benzene rings is 1. The summed E-state index contributed by atoms with van der Waals surface area (Å²) in [4.78, 5) is 13.4. The van der Waals surface area contributed by atoms with E-state index in [0.717, 1.165) is 28.4 Å². The molecule has 6 nitrogen and oxygen atoms in total. The molecule has 1 unspecified atom stereocenters. The van der Waals surface area contributed by atoms with E-state index in [0.29, 0.717) is 0 Å². The second-order valence-corrected chi connectivity index (χ2v) is 7.50. The number of likely N-dealkylation sites (tertiary alicyclic amines) is 1. The lowest BCUT2D eigenvalue weighted by Crippen LogP contribution is -2.38. The van der Waals surface area contributed by atoms with E-state index in [1.165, 1.54) is 6.07 Å². The van der Waals surface area contributed by atoms with E-state index in [2.05, 4.69) is 15.0 Å². The predicted molar refractivity (Wildman–Crippen MR) is 112 cm³/mol. The molecular formula is C21H23FN6S. The van der Waals surface area contributed by atoms with Crippen molar-refractivity contribution in [1.29, 1.82) is 5.26 Å². The van der Waals surface area contributed by atoms with Gasteiger partial charge in [0.05, 0.1) is 11.9 Å². The van der Waals surface area contributed by atoms with Gasteiger partial charge < -0.3 is 5.31 Å². The van der Waals surface area contributed by atoms with Crippen LogP contribution in [0.1, 0.15) is 59.6 Å². The van der Waals surface area contributed by atoms with Crippen LogP contribution in [-0.2, 0) is 6.52 Å². The SMILES string of the molecule is [2H]c1nc(N([2H])C2([2H])C([2H])([2H])CN(C([2H])c3ccc(F)c(C#N)c3)CC2([2H])[2H])c2nc(C([2H])(C)C)sc2n1. The number of rotatable bonds is 5. The molecule has 1 fully saturated rings. The second kappa shape index (κ2) is 8.39. The first kappa shape index (κ1) is 11.5. The Morgan fingerprint density at radius 2 is 2.34 bits per heavy atom. The van der Waals surface area contributed by atoms with Crippen molar-refractivity contribution in [1.82, 2.24) is 19.9 Å². The van der Waals surface area contributed by atoms with Gasteiger partial charge in [-0.2, -0.15) is 5.26 Å². The maximum atomic E-state index is 13.8. The number of nitrogens with zero attached hydrogens (tertiary/aromatic N) is 5. The summed E-state index contributed by atoms with van der Waals surface area (Å²) in [7, 11) is 0. The zero-order chi connectivity index (χ0) is 28.4. The molecular weight excluding hydrogens is 387 g/mol. The second-order valence-electron chi connectivity index (χ2n) is 6.52. The molecule has 1 N–H and O–H groups in total. The fourth-order valence-electron chi connectivity index (χ4n) is 2.66. The van der Waals surface area contributed by atoms with Crippen molar-refractivity contribution in [3.05, 3.63) is 46.5 Å². The first-order chi connectivity index (χ1) is 17.4. The van der Waals surface area contributed by atoms with Crippen LogP contribution in [0.3, 0.4) is 0 Å². The van der Waals surface area contributed by atoms with E-state index >= 15 is 0 Å². The molecule has 0 saturated carbocycles. The van der Waals surface area contributed by atoms with Gasteiger partial charge in [0.25, 0.3) is 0 Å². The van der Waals surface area contributed by atoms with Gasteiger partial charge in [-0.05, 0) is 30.4 Å². The Kier molecular flexibility index (Phi) is 3.34. The molecule has 1 atom stereocenters. The minimum atomic E-state index is -2.91. The molecule has 8 heteroatoms. The van der Waals surface area contributed by atoms with Crippen LogP contribution in [0.15, 0.2) is 24.5 Å². The number of piperidine rings is 1. The molecule has 2 aromatic heterocycles. The number of nitriles is 1. The quantitative estimate of drug-likeness (QED) is 0.664. The zero-order valence-electron chi connectivity index (χ0n) is 24.7. The van der Waals surface area contributed by atoms with Crippen LogP contribution in [0.2, 0.25) is 1.41 Å². The van der Waals surface area contributed by atoms with Crippen LogP contribution in [0.5, 0.6) is 0 Å². The number of hydrogen-bond acceptors (Lipinski definition) is 7. The third kappa shape index (κ3) is 4.36. The van der Waals surface area contributed by atoms with Gasteiger partial charge in [0.1, 0.15) is 29.9 Å². The maximum absolute atomic E-state index is 13.8. The smallest absolute Gasteiger partial charge is 0.162 e. The van der Waals surface area contributed by atoms with Gasteiger partial charge in [-0.25, -0.2) is 19.3 Å². The van der Waals surface area contributed by atoms with E-state index in [9.17, 15) is 4.39 Å². The van der Waals surface area contributed by atoms with E-state index < -0.39 is 62.2 Å². The van der Waals surface area contributed by atoms with Crippen LogP contribution < -0.4 is 5.31 Å². The lowest BCUT2D eigenvalue weighted by Gasteiger charge is -2.32. The third-order valence-corrected chi connectivity index (χ3v) is 5.29. The summed E-state index contributed by atoms with van der Waals surface area (Å²) in [5.74, 6) is -2.38. The average Bonchev–Trinajstić information content (AvgIpc) is 3.25. The van der Waals surface area contributed by atoms with E-state index in [4.69, 9.17) is 17.6 Å². The summed E-state index contributed by atoms with van der Waals surface area (Å²) in [6.45, 7) is 0.470. The number of nitrogens with one attached hydrogen (secondary N) is 1. The topological polar surface area (TPSA) is 77.7 Å².